The standard InChI is InChI=1S/C28H30ClN7O2/c1-18-6-9-23-22(14-18)19-12-13-32-25(16-19)24(4-2-3-5-27(37)34-23)35-28(38)11-7-20-15-21(29)8-10-26(20)36(31)17-33-30/h6-17,24H,2-5,30-31H2,1H3,(H,34,37)(H,35,38)/b11-7+,33-17-/t24-/m0/s1. The molecule has 1 aliphatic rings. The molecule has 1 atom stereocenters. The van der Waals surface area contributed by atoms with Gasteiger partial charge in [0.25, 0.3) is 0 Å². The van der Waals surface area contributed by atoms with E-state index in [1.165, 1.54) is 17.4 Å². The molecule has 0 fully saturated rings. The third-order valence-corrected chi connectivity index (χ3v) is 6.47. The topological polar surface area (TPSA) is 139 Å². The number of amides is 2. The Bertz CT molecular complexity index is 1390. The fourth-order valence-electron chi connectivity index (χ4n) is 4.37. The number of nitrogens with one attached hydrogen (secondary N) is 2. The number of nitrogens with two attached hydrogens (primary N) is 2. The molecule has 196 valence electrons. The van der Waals surface area contributed by atoms with Gasteiger partial charge in [0, 0.05) is 40.5 Å². The van der Waals surface area contributed by atoms with Crippen LogP contribution in [0.5, 0.6) is 0 Å². The van der Waals surface area contributed by atoms with Gasteiger partial charge in [0.05, 0.1) is 17.4 Å². The van der Waals surface area contributed by atoms with Crippen molar-refractivity contribution in [3.8, 4) is 11.1 Å². The monoisotopic (exact) mass is 531 g/mol. The number of rotatable bonds is 5. The highest BCUT2D eigenvalue weighted by atomic mass is 35.5. The number of nitrogens with zero attached hydrogens (tertiary/aromatic N) is 3. The smallest absolute Gasteiger partial charge is 0.244 e. The van der Waals surface area contributed by atoms with E-state index >= 15 is 0 Å². The maximum absolute atomic E-state index is 13.0. The number of carbonyl (C=O) groups excluding carboxylic acids is 2. The van der Waals surface area contributed by atoms with E-state index in [4.69, 9.17) is 23.3 Å². The van der Waals surface area contributed by atoms with Gasteiger partial charge in [-0.2, -0.15) is 5.10 Å². The molecule has 9 nitrogen and oxygen atoms in total. The average Bonchev–Trinajstić information content (AvgIpc) is 2.90. The van der Waals surface area contributed by atoms with Crippen LogP contribution in [0.1, 0.15) is 48.5 Å². The Balaban J connectivity index is 1.61. The predicted molar refractivity (Wildman–Crippen MR) is 152 cm³/mol. The molecule has 0 unspecified atom stereocenters. The minimum absolute atomic E-state index is 0.0283. The zero-order chi connectivity index (χ0) is 27.1. The van der Waals surface area contributed by atoms with E-state index in [0.29, 0.717) is 35.5 Å². The Labute approximate surface area is 226 Å². The quantitative estimate of drug-likeness (QED) is 0.124. The van der Waals surface area contributed by atoms with E-state index in [2.05, 4.69) is 20.7 Å². The molecule has 0 radical (unpaired) electrons. The number of aryl methyl sites for hydroxylation is 1. The number of hydrogen-bond acceptors (Lipinski definition) is 6. The van der Waals surface area contributed by atoms with Gasteiger partial charge in [-0.05, 0) is 73.9 Å². The SMILES string of the molecule is Cc1ccc2c(c1)-c1ccnc(c1)[C@@H](NC(=O)/C=C/c1cc(Cl)ccc1N(N)/C=N\N)CCCCC(=O)N2. The summed E-state index contributed by atoms with van der Waals surface area (Å²) in [6.45, 7) is 2.01. The summed E-state index contributed by atoms with van der Waals surface area (Å²) < 4.78 is 0. The molecule has 1 aromatic heterocycles. The summed E-state index contributed by atoms with van der Waals surface area (Å²) >= 11 is 6.16. The number of anilines is 2. The van der Waals surface area contributed by atoms with Crippen molar-refractivity contribution in [2.75, 3.05) is 10.3 Å². The summed E-state index contributed by atoms with van der Waals surface area (Å²) in [7, 11) is 0. The van der Waals surface area contributed by atoms with Gasteiger partial charge in [-0.25, -0.2) is 5.84 Å². The highest BCUT2D eigenvalue weighted by molar-refractivity contribution is 6.30. The van der Waals surface area contributed by atoms with E-state index in [0.717, 1.165) is 34.5 Å². The molecule has 3 aromatic rings. The minimum Gasteiger partial charge on any atom is -0.344 e. The molecule has 2 heterocycles. The minimum atomic E-state index is -0.336. The number of fused-ring (bicyclic) bond motifs is 4. The first kappa shape index (κ1) is 26.8. The first-order valence-corrected chi connectivity index (χ1v) is 12.6. The number of benzene rings is 2. The van der Waals surface area contributed by atoms with Crippen molar-refractivity contribution in [2.24, 2.45) is 16.8 Å². The number of carbonyl (C=O) groups is 2. The van der Waals surface area contributed by atoms with Crippen LogP contribution >= 0.6 is 11.6 Å². The molecule has 1 aliphatic heterocycles. The fourth-order valence-corrected chi connectivity index (χ4v) is 4.55. The van der Waals surface area contributed by atoms with Gasteiger partial charge >= 0.3 is 0 Å². The third-order valence-electron chi connectivity index (χ3n) is 6.23. The van der Waals surface area contributed by atoms with E-state index in [1.807, 2.05) is 37.3 Å². The van der Waals surface area contributed by atoms with Gasteiger partial charge in [0.1, 0.15) is 6.34 Å². The van der Waals surface area contributed by atoms with Crippen molar-refractivity contribution in [3.05, 3.63) is 82.6 Å². The zero-order valence-electron chi connectivity index (χ0n) is 21.0. The van der Waals surface area contributed by atoms with E-state index < -0.39 is 0 Å². The lowest BCUT2D eigenvalue weighted by atomic mass is 9.97. The summed E-state index contributed by atoms with van der Waals surface area (Å²) in [5, 5.41) is 11.3. The molecule has 38 heavy (non-hydrogen) atoms. The molecule has 0 saturated carbocycles. The summed E-state index contributed by atoms with van der Waals surface area (Å²) in [5.74, 6) is 10.9. The van der Waals surface area contributed by atoms with Crippen LogP contribution in [0.25, 0.3) is 17.2 Å². The van der Waals surface area contributed by atoms with Gasteiger partial charge in [0.15, 0.2) is 0 Å². The van der Waals surface area contributed by atoms with Crippen LogP contribution in [0.4, 0.5) is 11.4 Å². The molecule has 6 N–H and O–H groups in total. The van der Waals surface area contributed by atoms with Gasteiger partial charge in [0.2, 0.25) is 11.8 Å². The lowest BCUT2D eigenvalue weighted by Crippen LogP contribution is -2.30. The van der Waals surface area contributed by atoms with Crippen molar-refractivity contribution in [2.45, 2.75) is 38.6 Å². The van der Waals surface area contributed by atoms with Crippen LogP contribution < -0.4 is 27.3 Å². The molecule has 2 aromatic carbocycles. The maximum atomic E-state index is 13.0. The van der Waals surface area contributed by atoms with Crippen molar-refractivity contribution in [1.82, 2.24) is 10.3 Å². The van der Waals surface area contributed by atoms with Gasteiger partial charge in [-0.3, -0.25) is 19.6 Å². The molecular formula is C28H30ClN7O2. The number of hydrazine groups is 1. The molecule has 0 aliphatic carbocycles. The Morgan fingerprint density at radius 2 is 2.05 bits per heavy atom. The lowest BCUT2D eigenvalue weighted by Gasteiger charge is -2.20. The number of halogens is 1. The second-order valence-electron chi connectivity index (χ2n) is 9.08. The highest BCUT2D eigenvalue weighted by Crippen LogP contribution is 2.32. The second kappa shape index (κ2) is 12.4. The van der Waals surface area contributed by atoms with Crippen molar-refractivity contribution < 1.29 is 9.59 Å². The van der Waals surface area contributed by atoms with Gasteiger partial charge in [-0.1, -0.05) is 29.7 Å². The van der Waals surface area contributed by atoms with Crippen LogP contribution in [0.2, 0.25) is 5.02 Å². The van der Waals surface area contributed by atoms with Crippen LogP contribution in [0, 0.1) is 6.92 Å². The van der Waals surface area contributed by atoms with Crippen molar-refractivity contribution in [3.63, 3.8) is 0 Å². The molecule has 0 saturated heterocycles. The molecule has 2 bridgehead atoms. The van der Waals surface area contributed by atoms with E-state index in [-0.39, 0.29) is 17.9 Å². The second-order valence-corrected chi connectivity index (χ2v) is 9.52. The summed E-state index contributed by atoms with van der Waals surface area (Å²) in [4.78, 5) is 30.2. The number of aromatic nitrogens is 1. The summed E-state index contributed by atoms with van der Waals surface area (Å²) in [5.41, 5.74) is 5.60. The lowest BCUT2D eigenvalue weighted by molar-refractivity contribution is -0.118. The Hall–Kier alpha value is -4.21. The molecule has 4 rings (SSSR count). The Kier molecular flexibility index (Phi) is 8.73. The van der Waals surface area contributed by atoms with Crippen LogP contribution in [-0.2, 0) is 9.59 Å². The van der Waals surface area contributed by atoms with Gasteiger partial charge in [-0.15, -0.1) is 0 Å². The highest BCUT2D eigenvalue weighted by Gasteiger charge is 2.19. The van der Waals surface area contributed by atoms with E-state index in [1.54, 1.807) is 30.5 Å². The van der Waals surface area contributed by atoms with Crippen molar-refractivity contribution >= 4 is 47.2 Å². The molecule has 10 heteroatoms. The van der Waals surface area contributed by atoms with Crippen LogP contribution in [-0.4, -0.2) is 23.1 Å². The van der Waals surface area contributed by atoms with E-state index in [9.17, 15) is 9.59 Å². The Morgan fingerprint density at radius 3 is 2.87 bits per heavy atom. The summed E-state index contributed by atoms with van der Waals surface area (Å²) in [6, 6.07) is 14.5. The largest absolute Gasteiger partial charge is 0.344 e. The molecule has 0 spiro atoms. The van der Waals surface area contributed by atoms with Crippen molar-refractivity contribution in [1.29, 1.82) is 0 Å². The normalized spacial score (nSPS) is 15.9. The number of hydrazone groups is 1. The van der Waals surface area contributed by atoms with Crippen LogP contribution in [0.15, 0.2) is 65.9 Å². The fraction of sp³-hybridized carbons (Fsp3) is 0.214. The molecule has 2 amide bonds. The maximum Gasteiger partial charge on any atom is 0.244 e. The van der Waals surface area contributed by atoms with Gasteiger partial charge < -0.3 is 16.5 Å². The third kappa shape index (κ3) is 6.76. The molecular weight excluding hydrogens is 502 g/mol. The first-order valence-electron chi connectivity index (χ1n) is 12.3. The number of pyridine rings is 1. The predicted octanol–water partition coefficient (Wildman–Crippen LogP) is 4.68. The number of hydrogen-bond donors (Lipinski definition) is 4. The first-order chi connectivity index (χ1) is 18.3. The zero-order valence-corrected chi connectivity index (χ0v) is 21.8. The van der Waals surface area contributed by atoms with Crippen LogP contribution in [0.3, 0.4) is 0 Å². The Morgan fingerprint density at radius 1 is 1.21 bits per heavy atom. The summed E-state index contributed by atoms with van der Waals surface area (Å²) in [6.07, 6.45) is 8.50. The average molecular weight is 532 g/mol.